The van der Waals surface area contributed by atoms with Crippen LogP contribution >= 0.6 is 0 Å². The summed E-state index contributed by atoms with van der Waals surface area (Å²) in [4.78, 5) is 0. The average Bonchev–Trinajstić information content (AvgIpc) is 2.21. The van der Waals surface area contributed by atoms with E-state index in [1.165, 1.54) is 41.8 Å². The van der Waals surface area contributed by atoms with E-state index < -0.39 is 0 Å². The molecule has 1 fully saturated rings. The van der Waals surface area contributed by atoms with E-state index in [9.17, 15) is 0 Å². The smallest absolute Gasteiger partial charge is 0.0657 e. The minimum absolute atomic E-state index is 0.742. The molecule has 0 unspecified atom stereocenters. The van der Waals surface area contributed by atoms with Gasteiger partial charge in [0.05, 0.1) is 7.85 Å². The Bertz CT molecular complexity index is 369. The van der Waals surface area contributed by atoms with Gasteiger partial charge in [0.2, 0.25) is 0 Å². The summed E-state index contributed by atoms with van der Waals surface area (Å²) in [7, 11) is 5.62. The molecule has 0 amide bonds. The van der Waals surface area contributed by atoms with Crippen LogP contribution in [0, 0.1) is 19.8 Å². The van der Waals surface area contributed by atoms with Crippen LogP contribution in [0.5, 0.6) is 0 Å². The van der Waals surface area contributed by atoms with E-state index in [1.54, 1.807) is 0 Å². The van der Waals surface area contributed by atoms with Crippen molar-refractivity contribution in [3.63, 3.8) is 0 Å². The molecule has 16 heavy (non-hydrogen) atoms. The van der Waals surface area contributed by atoms with Crippen LogP contribution in [0.4, 0.5) is 0 Å². The van der Waals surface area contributed by atoms with Crippen molar-refractivity contribution in [2.45, 2.75) is 33.0 Å². The van der Waals surface area contributed by atoms with E-state index in [4.69, 9.17) is 7.85 Å². The van der Waals surface area contributed by atoms with Crippen LogP contribution in [0.15, 0.2) is 12.1 Å². The minimum Gasteiger partial charge on any atom is -0.316 e. The zero-order valence-corrected chi connectivity index (χ0v) is 10.3. The molecule has 2 rings (SSSR count). The molecule has 0 bridgehead atoms. The summed E-state index contributed by atoms with van der Waals surface area (Å²) in [5.41, 5.74) is 5.84. The van der Waals surface area contributed by atoms with Crippen molar-refractivity contribution < 1.29 is 0 Å². The van der Waals surface area contributed by atoms with Gasteiger partial charge in [-0.3, -0.25) is 0 Å². The SMILES string of the molecule is [B]CCc1ccc(CC2CNC2)c(C)c1C. The highest BCUT2D eigenvalue weighted by molar-refractivity contribution is 6.08. The van der Waals surface area contributed by atoms with Gasteiger partial charge < -0.3 is 5.32 Å². The van der Waals surface area contributed by atoms with Gasteiger partial charge in [-0.25, -0.2) is 0 Å². The monoisotopic (exact) mass is 213 g/mol. The zero-order valence-electron chi connectivity index (χ0n) is 10.3. The summed E-state index contributed by atoms with van der Waals surface area (Å²) in [6.07, 6.45) is 2.96. The molecule has 1 aromatic carbocycles. The summed E-state index contributed by atoms with van der Waals surface area (Å²) in [6, 6.07) is 4.56. The second-order valence-electron chi connectivity index (χ2n) is 4.90. The number of hydrogen-bond acceptors (Lipinski definition) is 1. The molecule has 0 atom stereocenters. The number of benzene rings is 1. The van der Waals surface area contributed by atoms with Crippen molar-refractivity contribution in [2.75, 3.05) is 13.1 Å². The van der Waals surface area contributed by atoms with E-state index in [-0.39, 0.29) is 0 Å². The third-order valence-electron chi connectivity index (χ3n) is 3.80. The fourth-order valence-electron chi connectivity index (χ4n) is 2.38. The largest absolute Gasteiger partial charge is 0.316 e. The molecule has 0 saturated carbocycles. The van der Waals surface area contributed by atoms with Crippen molar-refractivity contribution >= 4 is 7.85 Å². The minimum atomic E-state index is 0.742. The molecule has 0 aliphatic carbocycles. The number of nitrogens with one attached hydrogen (secondary N) is 1. The lowest BCUT2D eigenvalue weighted by atomic mass is 9.87. The van der Waals surface area contributed by atoms with Crippen LogP contribution in [0.2, 0.25) is 6.32 Å². The second kappa shape index (κ2) is 5.05. The molecule has 2 heteroatoms. The molecule has 1 aromatic rings. The third kappa shape index (κ3) is 2.32. The molecule has 1 aliphatic rings. The lowest BCUT2D eigenvalue weighted by molar-refractivity contribution is 0.346. The van der Waals surface area contributed by atoms with Crippen LogP contribution < -0.4 is 5.32 Å². The summed E-state index contributed by atoms with van der Waals surface area (Å²) in [5, 5.41) is 3.33. The van der Waals surface area contributed by atoms with Crippen LogP contribution in [0.25, 0.3) is 0 Å². The molecular formula is C14H20BN. The van der Waals surface area contributed by atoms with E-state index in [0.29, 0.717) is 0 Å². The Kier molecular flexibility index (Phi) is 3.70. The maximum absolute atomic E-state index is 5.62. The van der Waals surface area contributed by atoms with E-state index in [2.05, 4.69) is 31.3 Å². The van der Waals surface area contributed by atoms with Crippen LogP contribution in [-0.4, -0.2) is 20.9 Å². The molecule has 1 aliphatic heterocycles. The summed E-state index contributed by atoms with van der Waals surface area (Å²) >= 11 is 0. The highest BCUT2D eigenvalue weighted by Gasteiger charge is 2.18. The number of aryl methyl sites for hydroxylation is 1. The quantitative estimate of drug-likeness (QED) is 0.756. The Morgan fingerprint density at radius 3 is 2.38 bits per heavy atom. The highest BCUT2D eigenvalue weighted by Crippen LogP contribution is 2.22. The standard InChI is InChI=1S/C14H20BN/c1-10-11(2)14(7-12-8-16-9-12)4-3-13(10)5-6-15/h3-4,12,16H,5-9H2,1-2H3. The van der Waals surface area contributed by atoms with E-state index in [1.807, 2.05) is 0 Å². The van der Waals surface area contributed by atoms with Crippen molar-refractivity contribution in [3.8, 4) is 0 Å². The van der Waals surface area contributed by atoms with Crippen LogP contribution in [0.3, 0.4) is 0 Å². The first kappa shape index (κ1) is 11.7. The number of rotatable bonds is 4. The van der Waals surface area contributed by atoms with Gasteiger partial charge in [0, 0.05) is 0 Å². The van der Waals surface area contributed by atoms with Crippen molar-refractivity contribution in [3.05, 3.63) is 34.4 Å². The fraction of sp³-hybridized carbons (Fsp3) is 0.571. The first-order chi connectivity index (χ1) is 7.72. The predicted octanol–water partition coefficient (Wildman–Crippen LogP) is 2.19. The van der Waals surface area contributed by atoms with Gasteiger partial charge in [-0.15, -0.1) is 0 Å². The lowest BCUT2D eigenvalue weighted by Gasteiger charge is -2.28. The first-order valence-corrected chi connectivity index (χ1v) is 6.21. The van der Waals surface area contributed by atoms with E-state index in [0.717, 1.165) is 18.7 Å². The lowest BCUT2D eigenvalue weighted by Crippen LogP contribution is -2.43. The molecule has 2 radical (unpaired) electrons. The molecule has 1 N–H and O–H groups in total. The molecule has 84 valence electrons. The predicted molar refractivity (Wildman–Crippen MR) is 70.2 cm³/mol. The van der Waals surface area contributed by atoms with Crippen molar-refractivity contribution in [2.24, 2.45) is 5.92 Å². The Morgan fingerprint density at radius 1 is 1.19 bits per heavy atom. The van der Waals surface area contributed by atoms with Crippen molar-refractivity contribution in [1.82, 2.24) is 5.32 Å². The van der Waals surface area contributed by atoms with Gasteiger partial charge in [0.15, 0.2) is 0 Å². The molecule has 1 heterocycles. The normalized spacial score (nSPS) is 16.1. The Balaban J connectivity index is 2.16. The van der Waals surface area contributed by atoms with Gasteiger partial charge in [-0.05, 0) is 68.0 Å². The molecule has 1 saturated heterocycles. The Hall–Kier alpha value is -0.755. The molecule has 0 aromatic heterocycles. The van der Waals surface area contributed by atoms with Gasteiger partial charge in [-0.1, -0.05) is 18.5 Å². The maximum Gasteiger partial charge on any atom is 0.0657 e. The van der Waals surface area contributed by atoms with Crippen LogP contribution in [-0.2, 0) is 12.8 Å². The maximum atomic E-state index is 5.62. The fourth-order valence-corrected chi connectivity index (χ4v) is 2.38. The topological polar surface area (TPSA) is 12.0 Å². The van der Waals surface area contributed by atoms with Gasteiger partial charge in [0.1, 0.15) is 0 Å². The van der Waals surface area contributed by atoms with Crippen molar-refractivity contribution in [1.29, 1.82) is 0 Å². The first-order valence-electron chi connectivity index (χ1n) is 6.21. The average molecular weight is 213 g/mol. The zero-order chi connectivity index (χ0) is 11.5. The van der Waals surface area contributed by atoms with Gasteiger partial charge in [-0.2, -0.15) is 0 Å². The van der Waals surface area contributed by atoms with Gasteiger partial charge in [0.25, 0.3) is 0 Å². The third-order valence-corrected chi connectivity index (χ3v) is 3.80. The summed E-state index contributed by atoms with van der Waals surface area (Å²) in [6.45, 7) is 6.84. The molecule has 0 spiro atoms. The summed E-state index contributed by atoms with van der Waals surface area (Å²) < 4.78 is 0. The second-order valence-corrected chi connectivity index (χ2v) is 4.90. The molecule has 1 nitrogen and oxygen atoms in total. The highest BCUT2D eigenvalue weighted by atomic mass is 14.9. The van der Waals surface area contributed by atoms with Gasteiger partial charge >= 0.3 is 0 Å². The Labute approximate surface area is 100 Å². The molecular weight excluding hydrogens is 193 g/mol. The Morgan fingerprint density at radius 2 is 1.81 bits per heavy atom. The van der Waals surface area contributed by atoms with Crippen LogP contribution in [0.1, 0.15) is 22.3 Å². The summed E-state index contributed by atoms with van der Waals surface area (Å²) in [5.74, 6) is 0.846. The number of hydrogen-bond donors (Lipinski definition) is 1. The van der Waals surface area contributed by atoms with E-state index >= 15 is 0 Å².